The van der Waals surface area contributed by atoms with Gasteiger partial charge in [0.1, 0.15) is 5.82 Å². The Morgan fingerprint density at radius 1 is 1.07 bits per heavy atom. The lowest BCUT2D eigenvalue weighted by Crippen LogP contribution is -2.56. The molecule has 1 atom stereocenters. The molecule has 1 unspecified atom stereocenters. The fourth-order valence-electron chi connectivity index (χ4n) is 4.24. The van der Waals surface area contributed by atoms with Crippen LogP contribution >= 0.6 is 0 Å². The van der Waals surface area contributed by atoms with Crippen LogP contribution in [0.15, 0.2) is 48.5 Å². The van der Waals surface area contributed by atoms with Crippen molar-refractivity contribution in [1.82, 2.24) is 5.32 Å². The Balaban J connectivity index is 1.62. The van der Waals surface area contributed by atoms with Crippen molar-refractivity contribution in [2.24, 2.45) is 0 Å². The zero-order valence-corrected chi connectivity index (χ0v) is 15.3. The van der Waals surface area contributed by atoms with E-state index in [1.807, 2.05) is 12.1 Å². The monoisotopic (exact) mass is 367 g/mol. The number of benzene rings is 2. The van der Waals surface area contributed by atoms with Crippen LogP contribution in [0.3, 0.4) is 0 Å². The minimum absolute atomic E-state index is 0.303. The molecule has 5 heteroatoms. The van der Waals surface area contributed by atoms with Crippen LogP contribution in [0.4, 0.5) is 4.39 Å². The highest BCUT2D eigenvalue weighted by molar-refractivity contribution is 5.97. The Bertz CT molecular complexity index is 887. The Hall–Kier alpha value is -2.69. The van der Waals surface area contributed by atoms with Gasteiger partial charge in [0.15, 0.2) is 5.60 Å². The maximum absolute atomic E-state index is 13.4. The van der Waals surface area contributed by atoms with Crippen molar-refractivity contribution in [2.75, 3.05) is 0 Å². The number of amides is 1. The summed E-state index contributed by atoms with van der Waals surface area (Å²) < 4.78 is 18.9. The van der Waals surface area contributed by atoms with E-state index in [9.17, 15) is 14.0 Å². The molecule has 0 saturated heterocycles. The van der Waals surface area contributed by atoms with Crippen molar-refractivity contribution in [3.05, 3.63) is 71.0 Å². The molecule has 1 aliphatic carbocycles. The maximum atomic E-state index is 13.4. The largest absolute Gasteiger partial charge is 0.445 e. The van der Waals surface area contributed by atoms with Gasteiger partial charge in [-0.05, 0) is 49.1 Å². The first-order chi connectivity index (χ1) is 12.9. The molecule has 2 aliphatic rings. The Labute approximate surface area is 157 Å². The second kappa shape index (κ2) is 6.48. The first-order valence-electron chi connectivity index (χ1n) is 9.32. The van der Waals surface area contributed by atoms with Crippen LogP contribution in [0.5, 0.6) is 0 Å². The molecule has 1 aliphatic heterocycles. The number of halogens is 1. The van der Waals surface area contributed by atoms with E-state index in [0.29, 0.717) is 12.0 Å². The molecule has 1 heterocycles. The van der Waals surface area contributed by atoms with Crippen molar-refractivity contribution < 1.29 is 18.7 Å². The van der Waals surface area contributed by atoms with Gasteiger partial charge in [-0.25, -0.2) is 9.18 Å². The van der Waals surface area contributed by atoms with Crippen molar-refractivity contribution >= 4 is 11.9 Å². The highest BCUT2D eigenvalue weighted by atomic mass is 19.1. The van der Waals surface area contributed by atoms with Crippen LogP contribution in [-0.2, 0) is 21.5 Å². The maximum Gasteiger partial charge on any atom is 0.339 e. The summed E-state index contributed by atoms with van der Waals surface area (Å²) in [5.41, 5.74) is 0.407. The second-order valence-corrected chi connectivity index (χ2v) is 7.70. The molecule has 0 aromatic heterocycles. The number of cyclic esters (lactones) is 1. The highest BCUT2D eigenvalue weighted by Crippen LogP contribution is 2.40. The number of esters is 1. The van der Waals surface area contributed by atoms with Gasteiger partial charge < -0.3 is 10.1 Å². The molecule has 1 N–H and O–H groups in total. The molecule has 27 heavy (non-hydrogen) atoms. The molecule has 0 radical (unpaired) electrons. The minimum atomic E-state index is -1.26. The van der Waals surface area contributed by atoms with Crippen LogP contribution in [-0.4, -0.2) is 17.5 Å². The average Bonchev–Trinajstić information content (AvgIpc) is 3.12. The van der Waals surface area contributed by atoms with E-state index in [-0.39, 0.29) is 11.7 Å². The van der Waals surface area contributed by atoms with Crippen molar-refractivity contribution in [3.8, 4) is 0 Å². The van der Waals surface area contributed by atoms with Crippen LogP contribution in [0.2, 0.25) is 0 Å². The number of rotatable bonds is 3. The van der Waals surface area contributed by atoms with Gasteiger partial charge in [0.2, 0.25) is 0 Å². The summed E-state index contributed by atoms with van der Waals surface area (Å²) >= 11 is 0. The third kappa shape index (κ3) is 3.11. The topological polar surface area (TPSA) is 55.4 Å². The third-order valence-corrected chi connectivity index (χ3v) is 5.77. The van der Waals surface area contributed by atoms with Crippen molar-refractivity contribution in [3.63, 3.8) is 0 Å². The Kier molecular flexibility index (Phi) is 4.25. The van der Waals surface area contributed by atoms with Gasteiger partial charge in [-0.1, -0.05) is 43.2 Å². The number of hydrogen-bond donors (Lipinski definition) is 1. The number of carbonyl (C=O) groups is 2. The summed E-state index contributed by atoms with van der Waals surface area (Å²) in [6.45, 7) is 1.66. The SMILES string of the molecule is CC1(C(=O)NC2(c3ccc(F)cc3)CCCC2)Cc2ccccc2C(=O)O1. The number of carbonyl (C=O) groups excluding carboxylic acids is 2. The van der Waals surface area contributed by atoms with Crippen LogP contribution in [0, 0.1) is 5.82 Å². The lowest BCUT2D eigenvalue weighted by atomic mass is 9.85. The van der Waals surface area contributed by atoms with E-state index in [1.165, 1.54) is 12.1 Å². The van der Waals surface area contributed by atoms with Gasteiger partial charge >= 0.3 is 5.97 Å². The predicted octanol–water partition coefficient (Wildman–Crippen LogP) is 3.88. The number of ether oxygens (including phenoxy) is 1. The van der Waals surface area contributed by atoms with Crippen molar-refractivity contribution in [1.29, 1.82) is 0 Å². The van der Waals surface area contributed by atoms with Gasteiger partial charge in [0, 0.05) is 6.42 Å². The summed E-state index contributed by atoms with van der Waals surface area (Å²) in [6, 6.07) is 13.5. The van der Waals surface area contributed by atoms with Gasteiger partial charge in [-0.2, -0.15) is 0 Å². The summed E-state index contributed by atoms with van der Waals surface area (Å²) in [4.78, 5) is 25.6. The van der Waals surface area contributed by atoms with Gasteiger partial charge in [0.05, 0.1) is 11.1 Å². The van der Waals surface area contributed by atoms with Crippen LogP contribution < -0.4 is 5.32 Å². The molecule has 140 valence electrons. The molecule has 1 saturated carbocycles. The fraction of sp³-hybridized carbons (Fsp3) is 0.364. The molecule has 2 aromatic carbocycles. The Morgan fingerprint density at radius 3 is 2.44 bits per heavy atom. The van der Waals surface area contributed by atoms with E-state index in [2.05, 4.69) is 5.32 Å². The van der Waals surface area contributed by atoms with E-state index in [4.69, 9.17) is 4.74 Å². The number of fused-ring (bicyclic) bond motifs is 1. The second-order valence-electron chi connectivity index (χ2n) is 7.70. The third-order valence-electron chi connectivity index (χ3n) is 5.77. The minimum Gasteiger partial charge on any atom is -0.445 e. The molecule has 1 fully saturated rings. The summed E-state index contributed by atoms with van der Waals surface area (Å²) in [7, 11) is 0. The van der Waals surface area contributed by atoms with E-state index >= 15 is 0 Å². The molecule has 0 spiro atoms. The molecule has 4 nitrogen and oxygen atoms in total. The quantitative estimate of drug-likeness (QED) is 0.838. The Morgan fingerprint density at radius 2 is 1.74 bits per heavy atom. The van der Waals surface area contributed by atoms with Gasteiger partial charge in [0.25, 0.3) is 5.91 Å². The van der Waals surface area contributed by atoms with Crippen molar-refractivity contribution in [2.45, 2.75) is 50.2 Å². The standard InChI is InChI=1S/C22H22FNO3/c1-21(14-15-6-2-3-7-18(15)19(25)27-21)20(26)24-22(12-4-5-13-22)16-8-10-17(23)11-9-16/h2-3,6-11H,4-5,12-14H2,1H3,(H,24,26). The molecule has 0 bridgehead atoms. The first kappa shape index (κ1) is 17.7. The smallest absolute Gasteiger partial charge is 0.339 e. The average molecular weight is 367 g/mol. The molecule has 4 rings (SSSR count). The van der Waals surface area contributed by atoms with Crippen LogP contribution in [0.1, 0.15) is 54.1 Å². The lowest BCUT2D eigenvalue weighted by molar-refractivity contribution is -0.142. The predicted molar refractivity (Wildman–Crippen MR) is 98.7 cm³/mol. The fourth-order valence-corrected chi connectivity index (χ4v) is 4.24. The van der Waals surface area contributed by atoms with E-state index < -0.39 is 17.1 Å². The zero-order chi connectivity index (χ0) is 19.1. The zero-order valence-electron chi connectivity index (χ0n) is 15.3. The summed E-state index contributed by atoms with van der Waals surface area (Å²) in [5, 5.41) is 3.15. The first-order valence-corrected chi connectivity index (χ1v) is 9.32. The van der Waals surface area contributed by atoms with Gasteiger partial charge in [-0.15, -0.1) is 0 Å². The van der Waals surface area contributed by atoms with E-state index in [1.54, 1.807) is 31.2 Å². The molecule has 1 amide bonds. The molecular weight excluding hydrogens is 345 g/mol. The van der Waals surface area contributed by atoms with E-state index in [0.717, 1.165) is 36.8 Å². The van der Waals surface area contributed by atoms with Gasteiger partial charge in [-0.3, -0.25) is 4.79 Å². The summed E-state index contributed by atoms with van der Waals surface area (Å²) in [5.74, 6) is -1.09. The number of nitrogens with one attached hydrogen (secondary N) is 1. The summed E-state index contributed by atoms with van der Waals surface area (Å²) in [6.07, 6.45) is 3.87. The molecular formula is C22H22FNO3. The number of hydrogen-bond acceptors (Lipinski definition) is 3. The molecule has 2 aromatic rings. The van der Waals surface area contributed by atoms with Crippen LogP contribution in [0.25, 0.3) is 0 Å². The normalized spacial score (nSPS) is 23.4. The lowest BCUT2D eigenvalue weighted by Gasteiger charge is -2.38. The highest BCUT2D eigenvalue weighted by Gasteiger charge is 2.46.